The molecule has 6 heteroatoms. The normalized spacial score (nSPS) is 20.8. The highest BCUT2D eigenvalue weighted by molar-refractivity contribution is 6.39. The van der Waals surface area contributed by atoms with Crippen LogP contribution in [0.25, 0.3) is 0 Å². The molecule has 1 saturated heterocycles. The second-order valence-corrected chi connectivity index (χ2v) is 7.32. The fraction of sp³-hybridized carbons (Fsp3) is 0.0870. The maximum absolute atomic E-state index is 13.4. The largest absolute Gasteiger partial charge is 0.273 e. The van der Waals surface area contributed by atoms with Gasteiger partial charge in [0.1, 0.15) is 12.0 Å². The maximum Gasteiger partial charge on any atom is 0.259 e. The smallest absolute Gasteiger partial charge is 0.259 e. The van der Waals surface area contributed by atoms with E-state index < -0.39 is 12.0 Å². The number of para-hydroxylation sites is 2. The molecule has 5 rings (SSSR count). The number of halogens is 1. The van der Waals surface area contributed by atoms with Gasteiger partial charge in [-0.05, 0) is 29.8 Å². The van der Waals surface area contributed by atoms with Crippen LogP contribution in [0, 0.1) is 5.92 Å². The Morgan fingerprint density at radius 3 is 2.07 bits per heavy atom. The van der Waals surface area contributed by atoms with Gasteiger partial charge in [0.05, 0.1) is 22.1 Å². The van der Waals surface area contributed by atoms with Crippen molar-refractivity contribution in [2.75, 3.05) is 9.91 Å². The Balaban J connectivity index is 1.65. The van der Waals surface area contributed by atoms with Crippen molar-refractivity contribution < 1.29 is 9.59 Å². The number of fused-ring (bicyclic) bond motifs is 1. The van der Waals surface area contributed by atoms with E-state index in [0.717, 1.165) is 11.3 Å². The third-order valence-electron chi connectivity index (χ3n) is 5.23. The van der Waals surface area contributed by atoms with Crippen molar-refractivity contribution in [3.8, 4) is 0 Å². The molecule has 2 amide bonds. The highest BCUT2D eigenvalue weighted by Gasteiger charge is 2.57. The molecule has 3 aromatic rings. The summed E-state index contributed by atoms with van der Waals surface area (Å²) in [4.78, 5) is 28.1. The monoisotopic (exact) mass is 401 g/mol. The molecule has 0 aromatic heterocycles. The lowest BCUT2D eigenvalue weighted by atomic mass is 9.93. The molecule has 0 aliphatic carbocycles. The van der Waals surface area contributed by atoms with Gasteiger partial charge in [-0.3, -0.25) is 14.6 Å². The molecule has 2 unspecified atom stereocenters. The second kappa shape index (κ2) is 6.87. The van der Waals surface area contributed by atoms with Crippen LogP contribution in [0.4, 0.5) is 11.4 Å². The summed E-state index contributed by atoms with van der Waals surface area (Å²) in [5.41, 5.74) is 2.57. The van der Waals surface area contributed by atoms with Gasteiger partial charge in [0, 0.05) is 0 Å². The van der Waals surface area contributed by atoms with Gasteiger partial charge in [0.25, 0.3) is 5.91 Å². The lowest BCUT2D eigenvalue weighted by Gasteiger charge is -2.22. The molecule has 3 aromatic carbocycles. The van der Waals surface area contributed by atoms with Crippen molar-refractivity contribution in [1.29, 1.82) is 0 Å². The van der Waals surface area contributed by atoms with Gasteiger partial charge in [-0.2, -0.15) is 5.10 Å². The van der Waals surface area contributed by atoms with Crippen LogP contribution in [0.3, 0.4) is 0 Å². The molecule has 0 spiro atoms. The summed E-state index contributed by atoms with van der Waals surface area (Å²) in [6.45, 7) is 0. The number of hydrogen-bond donors (Lipinski definition) is 0. The van der Waals surface area contributed by atoms with Crippen LogP contribution in [-0.4, -0.2) is 23.6 Å². The van der Waals surface area contributed by atoms with Crippen LogP contribution in [0.2, 0.25) is 5.02 Å². The molecule has 29 heavy (non-hydrogen) atoms. The Labute approximate surface area is 172 Å². The Bertz CT molecular complexity index is 1130. The first-order valence-electron chi connectivity index (χ1n) is 9.27. The zero-order valence-corrected chi connectivity index (χ0v) is 16.0. The number of rotatable bonds is 3. The lowest BCUT2D eigenvalue weighted by Crippen LogP contribution is -2.39. The zero-order valence-electron chi connectivity index (χ0n) is 15.3. The molecule has 2 heterocycles. The summed E-state index contributed by atoms with van der Waals surface area (Å²) in [5.74, 6) is -1.33. The van der Waals surface area contributed by atoms with Crippen molar-refractivity contribution in [2.24, 2.45) is 11.0 Å². The summed E-state index contributed by atoms with van der Waals surface area (Å²) in [7, 11) is 0. The number of hydrogen-bond acceptors (Lipinski definition) is 4. The summed E-state index contributed by atoms with van der Waals surface area (Å²) in [6, 6.07) is 25.1. The van der Waals surface area contributed by atoms with E-state index in [1.165, 1.54) is 4.90 Å². The first-order chi connectivity index (χ1) is 14.2. The number of carbonyl (C=O) groups is 2. The van der Waals surface area contributed by atoms with Gasteiger partial charge >= 0.3 is 0 Å². The molecular weight excluding hydrogens is 386 g/mol. The van der Waals surface area contributed by atoms with Gasteiger partial charge in [-0.15, -0.1) is 0 Å². The number of benzene rings is 3. The van der Waals surface area contributed by atoms with E-state index in [1.54, 1.807) is 29.3 Å². The van der Waals surface area contributed by atoms with E-state index in [9.17, 15) is 9.59 Å². The van der Waals surface area contributed by atoms with Gasteiger partial charge in [0.15, 0.2) is 0 Å². The molecule has 2 aliphatic rings. The number of amides is 2. The van der Waals surface area contributed by atoms with E-state index in [-0.39, 0.29) is 11.8 Å². The van der Waals surface area contributed by atoms with E-state index in [0.29, 0.717) is 16.4 Å². The maximum atomic E-state index is 13.4. The Hall–Kier alpha value is -3.44. The quantitative estimate of drug-likeness (QED) is 0.620. The summed E-state index contributed by atoms with van der Waals surface area (Å²) in [6.07, 6.45) is 0. The number of carbonyl (C=O) groups excluding carboxylic acids is 2. The first-order valence-corrected chi connectivity index (χ1v) is 9.65. The van der Waals surface area contributed by atoms with Crippen LogP contribution in [0.5, 0.6) is 0 Å². The first kappa shape index (κ1) is 17.6. The number of hydrazone groups is 1. The molecule has 0 saturated carbocycles. The average molecular weight is 402 g/mol. The van der Waals surface area contributed by atoms with Crippen LogP contribution < -0.4 is 9.91 Å². The summed E-state index contributed by atoms with van der Waals surface area (Å²) >= 11 is 6.31. The van der Waals surface area contributed by atoms with Gasteiger partial charge in [0.2, 0.25) is 5.91 Å². The Morgan fingerprint density at radius 1 is 0.759 bits per heavy atom. The fourth-order valence-electron chi connectivity index (χ4n) is 3.93. The topological polar surface area (TPSA) is 53.0 Å². The standard InChI is InChI=1S/C23H16ClN3O2/c24-17-13-7-8-14-18(17)26-22(28)19-20(15-9-3-1-4-10-15)25-27(21(19)23(26)29)16-11-5-2-6-12-16/h1-14,19,21H. The van der Waals surface area contributed by atoms with Gasteiger partial charge in [-0.25, -0.2) is 4.90 Å². The number of imide groups is 1. The molecule has 5 nitrogen and oxygen atoms in total. The predicted molar refractivity (Wildman–Crippen MR) is 113 cm³/mol. The van der Waals surface area contributed by atoms with Crippen LogP contribution in [0.1, 0.15) is 5.56 Å². The fourth-order valence-corrected chi connectivity index (χ4v) is 4.15. The van der Waals surface area contributed by atoms with Crippen molar-refractivity contribution in [3.63, 3.8) is 0 Å². The molecule has 2 atom stereocenters. The van der Waals surface area contributed by atoms with Crippen LogP contribution >= 0.6 is 11.6 Å². The summed E-state index contributed by atoms with van der Waals surface area (Å²) < 4.78 is 0. The van der Waals surface area contributed by atoms with Gasteiger partial charge in [-0.1, -0.05) is 72.3 Å². The van der Waals surface area contributed by atoms with Crippen molar-refractivity contribution in [2.45, 2.75) is 6.04 Å². The Kier molecular flexibility index (Phi) is 4.18. The van der Waals surface area contributed by atoms with Crippen molar-refractivity contribution in [1.82, 2.24) is 0 Å². The van der Waals surface area contributed by atoms with Crippen LogP contribution in [0.15, 0.2) is 90.0 Å². The third-order valence-corrected chi connectivity index (χ3v) is 5.55. The minimum Gasteiger partial charge on any atom is -0.273 e. The lowest BCUT2D eigenvalue weighted by molar-refractivity contribution is -0.121. The number of anilines is 2. The third kappa shape index (κ3) is 2.74. The molecule has 0 N–H and O–H groups in total. The highest BCUT2D eigenvalue weighted by atomic mass is 35.5. The van der Waals surface area contributed by atoms with E-state index in [4.69, 9.17) is 16.7 Å². The summed E-state index contributed by atoms with van der Waals surface area (Å²) in [5, 5.41) is 6.73. The average Bonchev–Trinajstić information content (AvgIpc) is 3.27. The molecular formula is C23H16ClN3O2. The highest BCUT2D eigenvalue weighted by Crippen LogP contribution is 2.40. The van der Waals surface area contributed by atoms with Crippen LogP contribution in [-0.2, 0) is 9.59 Å². The molecule has 0 radical (unpaired) electrons. The molecule has 1 fully saturated rings. The predicted octanol–water partition coefficient (Wildman–Crippen LogP) is 4.12. The van der Waals surface area contributed by atoms with Crippen molar-refractivity contribution in [3.05, 3.63) is 95.5 Å². The van der Waals surface area contributed by atoms with Crippen molar-refractivity contribution >= 4 is 40.5 Å². The zero-order chi connectivity index (χ0) is 20.0. The molecule has 2 aliphatic heterocycles. The van der Waals surface area contributed by atoms with Gasteiger partial charge < -0.3 is 0 Å². The second-order valence-electron chi connectivity index (χ2n) is 6.92. The molecule has 142 valence electrons. The minimum absolute atomic E-state index is 0.311. The van der Waals surface area contributed by atoms with E-state index >= 15 is 0 Å². The Morgan fingerprint density at radius 2 is 1.38 bits per heavy atom. The SMILES string of the molecule is O=C1C2C(c3ccccc3)=NN(c3ccccc3)C2C(=O)N1c1ccccc1Cl. The molecule has 0 bridgehead atoms. The van der Waals surface area contributed by atoms with E-state index in [1.807, 2.05) is 60.7 Å². The van der Waals surface area contributed by atoms with E-state index in [2.05, 4.69) is 0 Å². The number of nitrogens with zero attached hydrogens (tertiary/aromatic N) is 3. The minimum atomic E-state index is -0.739.